The van der Waals surface area contributed by atoms with Crippen LogP contribution in [0.4, 0.5) is 0 Å². The lowest BCUT2D eigenvalue weighted by Gasteiger charge is -2.34. The summed E-state index contributed by atoms with van der Waals surface area (Å²) < 4.78 is 5.67. The van der Waals surface area contributed by atoms with E-state index in [-0.39, 0.29) is 12.0 Å². The molecule has 2 fully saturated rings. The van der Waals surface area contributed by atoms with Gasteiger partial charge in [0.05, 0.1) is 23.2 Å². The van der Waals surface area contributed by atoms with Crippen molar-refractivity contribution in [1.29, 1.82) is 0 Å². The second-order valence-electron chi connectivity index (χ2n) is 7.04. The smallest absolute Gasteiger partial charge is 0.332 e. The lowest BCUT2D eigenvalue weighted by Crippen LogP contribution is -2.42. The van der Waals surface area contributed by atoms with Crippen molar-refractivity contribution in [2.45, 2.75) is 58.7 Å². The third-order valence-electron chi connectivity index (χ3n) is 5.36. The molecule has 0 spiro atoms. The van der Waals surface area contributed by atoms with Crippen molar-refractivity contribution < 1.29 is 19.4 Å². The Morgan fingerprint density at radius 3 is 2.24 bits per heavy atom. The largest absolute Gasteiger partial charge is 0.479 e. The number of carbonyl (C=O) groups is 2. The molecular formula is C18H25N3O4. The van der Waals surface area contributed by atoms with Gasteiger partial charge < -0.3 is 14.7 Å². The molecule has 0 aromatic carbocycles. The van der Waals surface area contributed by atoms with Crippen LogP contribution < -0.4 is 0 Å². The number of piperidine rings is 1. The van der Waals surface area contributed by atoms with Gasteiger partial charge in [-0.3, -0.25) is 9.78 Å². The molecule has 136 valence electrons. The van der Waals surface area contributed by atoms with Crippen molar-refractivity contribution in [3.63, 3.8) is 0 Å². The standard InChI is InChI=1S/C18H25N3O4/c1-10-11(2)20-16(12(3)19-10)17(22)21-8-6-13(7-9-21)14-4-5-15(25-14)18(23)24/h13-15H,4-9H2,1-3H3,(H,23,24)/t14-,15+/m0/s1. The maximum absolute atomic E-state index is 12.8. The second-order valence-corrected chi connectivity index (χ2v) is 7.04. The molecule has 2 aliphatic heterocycles. The van der Waals surface area contributed by atoms with E-state index in [0.717, 1.165) is 30.7 Å². The number of amides is 1. The number of hydrogen-bond acceptors (Lipinski definition) is 5. The van der Waals surface area contributed by atoms with Gasteiger partial charge in [-0.25, -0.2) is 9.78 Å². The molecule has 25 heavy (non-hydrogen) atoms. The fraction of sp³-hybridized carbons (Fsp3) is 0.667. The first-order valence-electron chi connectivity index (χ1n) is 8.86. The third-order valence-corrected chi connectivity index (χ3v) is 5.36. The minimum absolute atomic E-state index is 0.00139. The van der Waals surface area contributed by atoms with Crippen LogP contribution in [0.25, 0.3) is 0 Å². The predicted octanol–water partition coefficient (Wildman–Crippen LogP) is 1.89. The van der Waals surface area contributed by atoms with Gasteiger partial charge in [-0.05, 0) is 52.4 Å². The minimum atomic E-state index is -0.876. The molecule has 0 radical (unpaired) electrons. The summed E-state index contributed by atoms with van der Waals surface area (Å²) in [4.78, 5) is 34.4. The number of ether oxygens (including phenoxy) is 1. The normalized spacial score (nSPS) is 24.5. The average molecular weight is 347 g/mol. The van der Waals surface area contributed by atoms with Gasteiger partial charge in [-0.15, -0.1) is 0 Å². The maximum atomic E-state index is 12.8. The highest BCUT2D eigenvalue weighted by molar-refractivity contribution is 5.93. The summed E-state index contributed by atoms with van der Waals surface area (Å²) >= 11 is 0. The SMILES string of the molecule is Cc1nc(C)c(C(=O)N2CCC([C@@H]3CC[C@H](C(=O)O)O3)CC2)nc1C. The number of aliphatic carboxylic acids is 1. The number of aryl methyl sites for hydroxylation is 3. The molecule has 1 amide bonds. The molecule has 0 unspecified atom stereocenters. The van der Waals surface area contributed by atoms with E-state index in [1.54, 1.807) is 0 Å². The van der Waals surface area contributed by atoms with E-state index in [4.69, 9.17) is 9.84 Å². The number of nitrogens with zero attached hydrogens (tertiary/aromatic N) is 3. The van der Waals surface area contributed by atoms with Gasteiger partial charge in [0.2, 0.25) is 0 Å². The van der Waals surface area contributed by atoms with Gasteiger partial charge in [-0.1, -0.05) is 0 Å². The number of carboxylic acids is 1. The Balaban J connectivity index is 1.60. The summed E-state index contributed by atoms with van der Waals surface area (Å²) in [7, 11) is 0. The van der Waals surface area contributed by atoms with Gasteiger partial charge >= 0.3 is 5.97 Å². The highest BCUT2D eigenvalue weighted by atomic mass is 16.5. The fourth-order valence-corrected chi connectivity index (χ4v) is 3.73. The van der Waals surface area contributed by atoms with E-state index in [0.29, 0.717) is 36.8 Å². The molecule has 3 rings (SSSR count). The van der Waals surface area contributed by atoms with E-state index < -0.39 is 12.1 Å². The van der Waals surface area contributed by atoms with Crippen LogP contribution in [0.15, 0.2) is 0 Å². The van der Waals surface area contributed by atoms with Crippen molar-refractivity contribution in [3.8, 4) is 0 Å². The summed E-state index contributed by atoms with van der Waals surface area (Å²) in [6.45, 7) is 6.87. The Labute approximate surface area is 147 Å². The molecule has 2 aliphatic rings. The molecule has 0 saturated carbocycles. The summed E-state index contributed by atoms with van der Waals surface area (Å²) in [5.74, 6) is -0.624. The lowest BCUT2D eigenvalue weighted by atomic mass is 9.89. The number of hydrogen-bond donors (Lipinski definition) is 1. The van der Waals surface area contributed by atoms with Gasteiger partial charge in [0.1, 0.15) is 5.69 Å². The molecule has 2 saturated heterocycles. The van der Waals surface area contributed by atoms with Crippen molar-refractivity contribution in [2.75, 3.05) is 13.1 Å². The third kappa shape index (κ3) is 3.66. The zero-order valence-electron chi connectivity index (χ0n) is 15.0. The first kappa shape index (κ1) is 17.8. The number of carbonyl (C=O) groups excluding carboxylic acids is 1. The highest BCUT2D eigenvalue weighted by Gasteiger charge is 2.37. The molecule has 1 aromatic rings. The molecule has 0 bridgehead atoms. The van der Waals surface area contributed by atoms with E-state index in [2.05, 4.69) is 9.97 Å². The molecule has 1 aromatic heterocycles. The van der Waals surface area contributed by atoms with Crippen LogP contribution in [0.3, 0.4) is 0 Å². The Morgan fingerprint density at radius 1 is 1.00 bits per heavy atom. The highest BCUT2D eigenvalue weighted by Crippen LogP contribution is 2.32. The van der Waals surface area contributed by atoms with Crippen LogP contribution >= 0.6 is 0 Å². The van der Waals surface area contributed by atoms with E-state index >= 15 is 0 Å². The topological polar surface area (TPSA) is 92.6 Å². The maximum Gasteiger partial charge on any atom is 0.332 e. The molecule has 7 nitrogen and oxygen atoms in total. The van der Waals surface area contributed by atoms with Crippen LogP contribution in [0.5, 0.6) is 0 Å². The predicted molar refractivity (Wildman–Crippen MR) is 90.4 cm³/mol. The van der Waals surface area contributed by atoms with Crippen molar-refractivity contribution in [3.05, 3.63) is 22.8 Å². The van der Waals surface area contributed by atoms with Crippen LogP contribution in [-0.4, -0.2) is 57.1 Å². The van der Waals surface area contributed by atoms with E-state index in [1.807, 2.05) is 25.7 Å². The number of likely N-dealkylation sites (tertiary alicyclic amines) is 1. The molecule has 3 heterocycles. The summed E-state index contributed by atoms with van der Waals surface area (Å²) in [6.07, 6.45) is 2.37. The quantitative estimate of drug-likeness (QED) is 0.897. The van der Waals surface area contributed by atoms with Crippen LogP contribution in [0, 0.1) is 26.7 Å². The zero-order chi connectivity index (χ0) is 18.1. The summed E-state index contributed by atoms with van der Waals surface area (Å²) in [5.41, 5.74) is 2.73. The molecule has 2 atom stereocenters. The average Bonchev–Trinajstić information content (AvgIpc) is 3.08. The number of rotatable bonds is 3. The summed E-state index contributed by atoms with van der Waals surface area (Å²) in [5, 5.41) is 9.05. The van der Waals surface area contributed by atoms with Crippen molar-refractivity contribution in [1.82, 2.24) is 14.9 Å². The van der Waals surface area contributed by atoms with Gasteiger partial charge in [0.25, 0.3) is 5.91 Å². The lowest BCUT2D eigenvalue weighted by molar-refractivity contribution is -0.150. The first-order chi connectivity index (χ1) is 11.9. The van der Waals surface area contributed by atoms with Crippen LogP contribution in [0.2, 0.25) is 0 Å². The van der Waals surface area contributed by atoms with Gasteiger partial charge in [0, 0.05) is 13.1 Å². The molecular weight excluding hydrogens is 322 g/mol. The first-order valence-corrected chi connectivity index (χ1v) is 8.86. The number of carboxylic acid groups (broad SMARTS) is 1. The minimum Gasteiger partial charge on any atom is -0.479 e. The Kier molecular flexibility index (Phi) is 5.03. The van der Waals surface area contributed by atoms with Crippen molar-refractivity contribution >= 4 is 11.9 Å². The Bertz CT molecular complexity index is 683. The second kappa shape index (κ2) is 7.07. The van der Waals surface area contributed by atoms with Gasteiger partial charge in [0.15, 0.2) is 6.10 Å². The van der Waals surface area contributed by atoms with E-state index in [1.165, 1.54) is 0 Å². The fourth-order valence-electron chi connectivity index (χ4n) is 3.73. The Hall–Kier alpha value is -2.02. The van der Waals surface area contributed by atoms with Crippen molar-refractivity contribution in [2.24, 2.45) is 5.92 Å². The van der Waals surface area contributed by atoms with Crippen LogP contribution in [0.1, 0.15) is 53.3 Å². The zero-order valence-corrected chi connectivity index (χ0v) is 15.0. The van der Waals surface area contributed by atoms with E-state index in [9.17, 15) is 9.59 Å². The van der Waals surface area contributed by atoms with Crippen LogP contribution in [-0.2, 0) is 9.53 Å². The summed E-state index contributed by atoms with van der Waals surface area (Å²) in [6, 6.07) is 0. The Morgan fingerprint density at radius 2 is 1.64 bits per heavy atom. The molecule has 0 aliphatic carbocycles. The van der Waals surface area contributed by atoms with Gasteiger partial charge in [-0.2, -0.15) is 0 Å². The number of aromatic nitrogens is 2. The monoisotopic (exact) mass is 347 g/mol. The molecule has 7 heteroatoms. The molecule has 1 N–H and O–H groups in total.